The van der Waals surface area contributed by atoms with Gasteiger partial charge in [-0.15, -0.1) is 0 Å². The molecule has 1 atom stereocenters. The quantitative estimate of drug-likeness (QED) is 0.880. The van der Waals surface area contributed by atoms with Gasteiger partial charge in [-0.05, 0) is 43.2 Å². The molecule has 1 amide bonds. The Labute approximate surface area is 152 Å². The van der Waals surface area contributed by atoms with Crippen LogP contribution in [-0.4, -0.2) is 48.8 Å². The average Bonchev–Trinajstić information content (AvgIpc) is 3.08. The number of piperidine rings is 1. The maximum Gasteiger partial charge on any atom is 0.411 e. The lowest BCUT2D eigenvalue weighted by Crippen LogP contribution is -2.39. The van der Waals surface area contributed by atoms with Crippen LogP contribution in [0.2, 0.25) is 0 Å². The zero-order valence-corrected chi connectivity index (χ0v) is 15.6. The van der Waals surface area contributed by atoms with Gasteiger partial charge in [0.25, 0.3) is 0 Å². The third kappa shape index (κ3) is 3.88. The van der Waals surface area contributed by atoms with Crippen LogP contribution < -0.4 is 5.32 Å². The molecule has 1 aromatic heterocycles. The van der Waals surface area contributed by atoms with Crippen LogP contribution in [0.15, 0.2) is 41.4 Å². The van der Waals surface area contributed by atoms with Crippen molar-refractivity contribution in [3.63, 3.8) is 0 Å². The molecule has 1 fully saturated rings. The number of methoxy groups -OCH3 is 1. The van der Waals surface area contributed by atoms with Gasteiger partial charge in [-0.3, -0.25) is 10.00 Å². The fourth-order valence-corrected chi connectivity index (χ4v) is 4.60. The number of aryl methyl sites for hydroxylation is 1. The van der Waals surface area contributed by atoms with Crippen LogP contribution >= 0.6 is 0 Å². The summed E-state index contributed by atoms with van der Waals surface area (Å²) >= 11 is 0. The number of nitrogens with zero attached hydrogens (tertiary/aromatic N) is 3. The van der Waals surface area contributed by atoms with E-state index in [1.165, 1.54) is 23.5 Å². The van der Waals surface area contributed by atoms with Crippen molar-refractivity contribution < 1.29 is 17.9 Å². The molecule has 140 valence electrons. The van der Waals surface area contributed by atoms with E-state index in [-0.39, 0.29) is 10.8 Å². The van der Waals surface area contributed by atoms with Crippen LogP contribution in [-0.2, 0) is 21.8 Å². The van der Waals surface area contributed by atoms with Gasteiger partial charge in [0.1, 0.15) is 0 Å². The van der Waals surface area contributed by atoms with Gasteiger partial charge in [-0.25, -0.2) is 13.2 Å². The highest BCUT2D eigenvalue weighted by atomic mass is 32.2. The molecular formula is C17H22N4O4S. The van der Waals surface area contributed by atoms with Gasteiger partial charge in [-0.2, -0.15) is 9.40 Å². The number of ether oxygens (including phenoxy) is 1. The number of benzene rings is 1. The highest BCUT2D eigenvalue weighted by Gasteiger charge is 2.31. The van der Waals surface area contributed by atoms with Crippen molar-refractivity contribution in [2.75, 3.05) is 25.5 Å². The van der Waals surface area contributed by atoms with Crippen LogP contribution in [0.5, 0.6) is 0 Å². The van der Waals surface area contributed by atoms with E-state index in [1.54, 1.807) is 16.8 Å². The second-order valence-corrected chi connectivity index (χ2v) is 8.20. The van der Waals surface area contributed by atoms with Crippen LogP contribution in [0.3, 0.4) is 0 Å². The van der Waals surface area contributed by atoms with Crippen molar-refractivity contribution in [3.8, 4) is 0 Å². The van der Waals surface area contributed by atoms with Gasteiger partial charge in [0, 0.05) is 37.9 Å². The van der Waals surface area contributed by atoms with Crippen molar-refractivity contribution in [3.05, 3.63) is 42.2 Å². The smallest absolute Gasteiger partial charge is 0.411 e. The van der Waals surface area contributed by atoms with Crippen molar-refractivity contribution in [1.29, 1.82) is 0 Å². The fraction of sp³-hybridized carbons (Fsp3) is 0.412. The van der Waals surface area contributed by atoms with Crippen LogP contribution in [0, 0.1) is 0 Å². The molecule has 3 rings (SSSR count). The van der Waals surface area contributed by atoms with Gasteiger partial charge >= 0.3 is 6.09 Å². The maximum absolute atomic E-state index is 12.9. The number of hydrogen-bond donors (Lipinski definition) is 1. The summed E-state index contributed by atoms with van der Waals surface area (Å²) in [6.07, 6.45) is 2.98. The summed E-state index contributed by atoms with van der Waals surface area (Å²) in [6.45, 7) is 0.912. The fourth-order valence-electron chi connectivity index (χ4n) is 3.08. The molecule has 1 aromatic carbocycles. The largest absolute Gasteiger partial charge is 0.453 e. The molecule has 1 unspecified atom stereocenters. The Balaban J connectivity index is 1.75. The van der Waals surface area contributed by atoms with Crippen LogP contribution in [0.4, 0.5) is 10.5 Å². The summed E-state index contributed by atoms with van der Waals surface area (Å²) in [6, 6.07) is 8.01. The Morgan fingerprint density at radius 1 is 1.27 bits per heavy atom. The highest BCUT2D eigenvalue weighted by molar-refractivity contribution is 7.89. The number of sulfonamides is 1. The second kappa shape index (κ2) is 7.46. The van der Waals surface area contributed by atoms with Crippen molar-refractivity contribution >= 4 is 21.8 Å². The lowest BCUT2D eigenvalue weighted by atomic mass is 9.96. The molecule has 1 N–H and O–H groups in total. The first-order valence-electron chi connectivity index (χ1n) is 8.35. The Kier molecular flexibility index (Phi) is 5.28. The molecule has 9 heteroatoms. The second-order valence-electron chi connectivity index (χ2n) is 6.26. The summed E-state index contributed by atoms with van der Waals surface area (Å²) in [4.78, 5) is 11.4. The van der Waals surface area contributed by atoms with E-state index in [0.717, 1.165) is 18.5 Å². The first-order valence-corrected chi connectivity index (χ1v) is 9.79. The molecule has 8 nitrogen and oxygen atoms in total. The van der Waals surface area contributed by atoms with Gasteiger partial charge in [0.05, 0.1) is 17.7 Å². The number of hydrogen-bond acceptors (Lipinski definition) is 5. The molecule has 1 aliphatic heterocycles. The Morgan fingerprint density at radius 2 is 2.00 bits per heavy atom. The molecule has 2 aromatic rings. The minimum absolute atomic E-state index is 0.0972. The molecule has 0 radical (unpaired) electrons. The van der Waals surface area contributed by atoms with Crippen molar-refractivity contribution in [2.24, 2.45) is 7.05 Å². The Hall–Kier alpha value is -2.39. The number of aromatic nitrogens is 2. The molecule has 2 heterocycles. The summed E-state index contributed by atoms with van der Waals surface area (Å²) in [5, 5.41) is 6.91. The predicted molar refractivity (Wildman–Crippen MR) is 96.4 cm³/mol. The summed E-state index contributed by atoms with van der Waals surface area (Å²) < 4.78 is 33.7. The third-order valence-corrected chi connectivity index (χ3v) is 6.34. The highest BCUT2D eigenvalue weighted by Crippen LogP contribution is 2.29. The lowest BCUT2D eigenvalue weighted by molar-refractivity contribution is 0.187. The van der Waals surface area contributed by atoms with E-state index in [1.807, 2.05) is 19.3 Å². The summed E-state index contributed by atoms with van der Waals surface area (Å²) in [5.41, 5.74) is 1.39. The van der Waals surface area contributed by atoms with E-state index in [9.17, 15) is 13.2 Å². The molecule has 0 saturated carbocycles. The molecular weight excluding hydrogens is 356 g/mol. The van der Waals surface area contributed by atoms with Crippen LogP contribution in [0.1, 0.15) is 24.5 Å². The number of anilines is 1. The van der Waals surface area contributed by atoms with E-state index >= 15 is 0 Å². The van der Waals surface area contributed by atoms with Crippen molar-refractivity contribution in [1.82, 2.24) is 14.1 Å². The predicted octanol–water partition coefficient (Wildman–Crippen LogP) is 2.17. The first kappa shape index (κ1) is 18.4. The molecule has 26 heavy (non-hydrogen) atoms. The van der Waals surface area contributed by atoms with Gasteiger partial charge in [0.2, 0.25) is 10.0 Å². The molecule has 0 aliphatic carbocycles. The van der Waals surface area contributed by atoms with E-state index < -0.39 is 16.1 Å². The van der Waals surface area contributed by atoms with Crippen LogP contribution in [0.25, 0.3) is 0 Å². The van der Waals surface area contributed by atoms with Gasteiger partial charge in [0.15, 0.2) is 0 Å². The maximum atomic E-state index is 12.9. The monoisotopic (exact) mass is 378 g/mol. The minimum Gasteiger partial charge on any atom is -0.453 e. The normalized spacial score (nSPS) is 18.5. The average molecular weight is 378 g/mol. The van der Waals surface area contributed by atoms with E-state index in [0.29, 0.717) is 18.8 Å². The lowest BCUT2D eigenvalue weighted by Gasteiger charge is -2.31. The standard InChI is InChI=1S/C17H22N4O4S/c1-20-11-9-16(19-20)13-4-3-10-21(12-13)26(23,24)15-7-5-14(6-8-15)18-17(22)25-2/h5-9,11,13H,3-4,10,12H2,1-2H3,(H,18,22). The number of rotatable bonds is 4. The molecule has 1 saturated heterocycles. The zero-order chi connectivity index (χ0) is 18.7. The first-order chi connectivity index (χ1) is 12.4. The van der Waals surface area contributed by atoms with Gasteiger partial charge in [-0.1, -0.05) is 0 Å². The summed E-state index contributed by atoms with van der Waals surface area (Å²) in [5.74, 6) is 0.0972. The van der Waals surface area contributed by atoms with E-state index in [4.69, 9.17) is 0 Å². The minimum atomic E-state index is -3.59. The zero-order valence-electron chi connectivity index (χ0n) is 14.8. The number of nitrogens with one attached hydrogen (secondary N) is 1. The molecule has 0 spiro atoms. The Morgan fingerprint density at radius 3 is 2.62 bits per heavy atom. The molecule has 1 aliphatic rings. The number of carbonyl (C=O) groups is 1. The molecule has 0 bridgehead atoms. The van der Waals surface area contributed by atoms with Crippen molar-refractivity contribution in [2.45, 2.75) is 23.7 Å². The Bertz CT molecular complexity index is 876. The number of carbonyl (C=O) groups excluding carboxylic acids is 1. The van der Waals surface area contributed by atoms with E-state index in [2.05, 4.69) is 15.2 Å². The van der Waals surface area contributed by atoms with Gasteiger partial charge < -0.3 is 4.74 Å². The SMILES string of the molecule is COC(=O)Nc1ccc(S(=O)(=O)N2CCCC(c3ccn(C)n3)C2)cc1. The number of amides is 1. The third-order valence-electron chi connectivity index (χ3n) is 4.46. The summed E-state index contributed by atoms with van der Waals surface area (Å²) in [7, 11) is -0.474. The topological polar surface area (TPSA) is 93.5 Å².